The smallest absolute Gasteiger partial charge is 0.191 e. The lowest BCUT2D eigenvalue weighted by Crippen LogP contribution is -2.50. The molecule has 7 heteroatoms. The molecule has 158 valence electrons. The van der Waals surface area contributed by atoms with Gasteiger partial charge in [-0.15, -0.1) is 11.3 Å². The average Bonchev–Trinajstić information content (AvgIpc) is 3.24. The van der Waals surface area contributed by atoms with E-state index in [1.165, 1.54) is 5.00 Å². The maximum atomic E-state index is 5.52. The number of aliphatic imine (C=N–C) groups is 1. The number of nitrogens with one attached hydrogen (secondary N) is 2. The van der Waals surface area contributed by atoms with Gasteiger partial charge < -0.3 is 20.3 Å². The average molecular weight is 408 g/mol. The van der Waals surface area contributed by atoms with E-state index in [1.807, 2.05) is 11.3 Å². The summed E-state index contributed by atoms with van der Waals surface area (Å²) in [6.07, 6.45) is 2.30. The molecule has 6 nitrogen and oxygen atoms in total. The van der Waals surface area contributed by atoms with Crippen molar-refractivity contribution < 1.29 is 4.74 Å². The molecule has 2 saturated heterocycles. The van der Waals surface area contributed by atoms with Crippen molar-refractivity contribution in [2.45, 2.75) is 45.7 Å². The van der Waals surface area contributed by atoms with Gasteiger partial charge in [0.15, 0.2) is 5.96 Å². The van der Waals surface area contributed by atoms with Crippen LogP contribution in [-0.4, -0.2) is 75.4 Å². The van der Waals surface area contributed by atoms with Crippen LogP contribution in [-0.2, 0) is 4.74 Å². The molecule has 3 rings (SSSR count). The van der Waals surface area contributed by atoms with Gasteiger partial charge in [0.1, 0.15) is 0 Å². The Morgan fingerprint density at radius 3 is 2.61 bits per heavy atom. The summed E-state index contributed by atoms with van der Waals surface area (Å²) in [6, 6.07) is 5.33. The largest absolute Gasteiger partial charge is 0.379 e. The number of morpholine rings is 1. The van der Waals surface area contributed by atoms with Gasteiger partial charge in [0, 0.05) is 44.8 Å². The minimum atomic E-state index is 0.472. The van der Waals surface area contributed by atoms with Crippen LogP contribution in [0.3, 0.4) is 0 Å². The maximum absolute atomic E-state index is 5.52. The number of thiophene rings is 1. The molecule has 2 fully saturated rings. The lowest BCUT2D eigenvalue weighted by Gasteiger charge is -2.36. The molecule has 1 aromatic rings. The van der Waals surface area contributed by atoms with Crippen molar-refractivity contribution in [3.05, 3.63) is 17.5 Å². The Morgan fingerprint density at radius 1 is 1.25 bits per heavy atom. The molecule has 28 heavy (non-hydrogen) atoms. The third-order valence-corrected chi connectivity index (χ3v) is 6.65. The molecule has 0 saturated carbocycles. The van der Waals surface area contributed by atoms with E-state index in [0.29, 0.717) is 18.0 Å². The zero-order valence-corrected chi connectivity index (χ0v) is 18.5. The third kappa shape index (κ3) is 6.09. The van der Waals surface area contributed by atoms with Gasteiger partial charge in [-0.3, -0.25) is 9.89 Å². The van der Waals surface area contributed by atoms with Crippen molar-refractivity contribution >= 4 is 22.3 Å². The Labute approximate surface area is 174 Å². The molecular formula is C21H37N5OS. The van der Waals surface area contributed by atoms with Crippen LogP contribution in [0.25, 0.3) is 0 Å². The monoisotopic (exact) mass is 407 g/mol. The molecular weight excluding hydrogens is 370 g/mol. The van der Waals surface area contributed by atoms with Gasteiger partial charge in [0.2, 0.25) is 0 Å². The summed E-state index contributed by atoms with van der Waals surface area (Å²) in [6.45, 7) is 14.4. The van der Waals surface area contributed by atoms with Crippen molar-refractivity contribution in [3.8, 4) is 0 Å². The van der Waals surface area contributed by atoms with Gasteiger partial charge in [-0.25, -0.2) is 0 Å². The molecule has 2 aliphatic rings. The third-order valence-electron chi connectivity index (χ3n) is 5.72. The first-order chi connectivity index (χ1) is 13.7. The standard InChI is InChI=1S/C21H37N5OS/c1-4-22-21(23-16-19(17(2)3)25-11-13-27-14-12-25)24-18-7-9-26(10-8-18)20-6-5-15-28-20/h5-6,15,17-19H,4,7-14,16H2,1-3H3,(H2,22,23,24). The minimum absolute atomic E-state index is 0.472. The molecule has 0 aliphatic carbocycles. The van der Waals surface area contributed by atoms with Gasteiger partial charge in [0.05, 0.1) is 24.8 Å². The summed E-state index contributed by atoms with van der Waals surface area (Å²) < 4.78 is 5.52. The van der Waals surface area contributed by atoms with E-state index in [1.54, 1.807) is 0 Å². The Bertz CT molecular complexity index is 578. The van der Waals surface area contributed by atoms with E-state index in [0.717, 1.165) is 71.3 Å². The second-order valence-corrected chi connectivity index (χ2v) is 8.96. The zero-order chi connectivity index (χ0) is 19.8. The van der Waals surface area contributed by atoms with Crippen LogP contribution in [0.1, 0.15) is 33.6 Å². The van der Waals surface area contributed by atoms with E-state index in [2.05, 4.69) is 58.7 Å². The predicted molar refractivity (Wildman–Crippen MR) is 120 cm³/mol. The number of hydrogen-bond acceptors (Lipinski definition) is 5. The molecule has 2 N–H and O–H groups in total. The molecule has 1 atom stereocenters. The van der Waals surface area contributed by atoms with Gasteiger partial charge in [-0.1, -0.05) is 13.8 Å². The molecule has 0 radical (unpaired) electrons. The number of nitrogens with zero attached hydrogens (tertiary/aromatic N) is 3. The molecule has 1 aromatic heterocycles. The highest BCUT2D eigenvalue weighted by molar-refractivity contribution is 7.14. The maximum Gasteiger partial charge on any atom is 0.191 e. The zero-order valence-electron chi connectivity index (χ0n) is 17.7. The van der Waals surface area contributed by atoms with Crippen LogP contribution >= 0.6 is 11.3 Å². The van der Waals surface area contributed by atoms with E-state index in [9.17, 15) is 0 Å². The van der Waals surface area contributed by atoms with Crippen LogP contribution in [0, 0.1) is 5.92 Å². The van der Waals surface area contributed by atoms with E-state index in [-0.39, 0.29) is 0 Å². The fraction of sp³-hybridized carbons (Fsp3) is 0.762. The fourth-order valence-electron chi connectivity index (χ4n) is 4.05. The van der Waals surface area contributed by atoms with Crippen molar-refractivity contribution in [2.24, 2.45) is 10.9 Å². The number of anilines is 1. The first kappa shape index (κ1) is 21.4. The molecule has 0 amide bonds. The highest BCUT2D eigenvalue weighted by atomic mass is 32.1. The highest BCUT2D eigenvalue weighted by Crippen LogP contribution is 2.24. The van der Waals surface area contributed by atoms with Crippen molar-refractivity contribution in [2.75, 3.05) is 57.4 Å². The summed E-state index contributed by atoms with van der Waals surface area (Å²) in [5.74, 6) is 1.55. The molecule has 2 aliphatic heterocycles. The van der Waals surface area contributed by atoms with Crippen molar-refractivity contribution in [3.63, 3.8) is 0 Å². The van der Waals surface area contributed by atoms with Crippen LogP contribution in [0.5, 0.6) is 0 Å². The molecule has 3 heterocycles. The second-order valence-electron chi connectivity index (χ2n) is 8.04. The Morgan fingerprint density at radius 2 is 2.00 bits per heavy atom. The Kier molecular flexibility index (Phi) is 8.43. The van der Waals surface area contributed by atoms with Gasteiger partial charge in [-0.2, -0.15) is 0 Å². The molecule has 0 aromatic carbocycles. The lowest BCUT2D eigenvalue weighted by atomic mass is 10.0. The van der Waals surface area contributed by atoms with Gasteiger partial charge in [0.25, 0.3) is 0 Å². The Balaban J connectivity index is 1.53. The number of hydrogen-bond donors (Lipinski definition) is 2. The van der Waals surface area contributed by atoms with E-state index in [4.69, 9.17) is 9.73 Å². The van der Waals surface area contributed by atoms with E-state index < -0.39 is 0 Å². The normalized spacial score (nSPS) is 21.1. The topological polar surface area (TPSA) is 52.1 Å². The molecule has 0 bridgehead atoms. The van der Waals surface area contributed by atoms with Crippen LogP contribution in [0.2, 0.25) is 0 Å². The van der Waals surface area contributed by atoms with Crippen LogP contribution < -0.4 is 15.5 Å². The van der Waals surface area contributed by atoms with Crippen molar-refractivity contribution in [1.29, 1.82) is 0 Å². The van der Waals surface area contributed by atoms with Gasteiger partial charge >= 0.3 is 0 Å². The fourth-order valence-corrected chi connectivity index (χ4v) is 4.83. The first-order valence-corrected chi connectivity index (χ1v) is 11.7. The number of rotatable bonds is 7. The number of ether oxygens (including phenoxy) is 1. The number of guanidine groups is 1. The summed E-state index contributed by atoms with van der Waals surface area (Å²) in [5, 5.41) is 10.7. The number of piperidine rings is 1. The highest BCUT2D eigenvalue weighted by Gasteiger charge is 2.24. The quantitative estimate of drug-likeness (QED) is 0.538. The SMILES string of the molecule is CCNC(=NCC(C(C)C)N1CCOCC1)NC1CCN(c2cccs2)CC1. The summed E-state index contributed by atoms with van der Waals surface area (Å²) in [7, 11) is 0. The second kappa shape index (κ2) is 11.0. The van der Waals surface area contributed by atoms with E-state index >= 15 is 0 Å². The minimum Gasteiger partial charge on any atom is -0.379 e. The summed E-state index contributed by atoms with van der Waals surface area (Å²) >= 11 is 1.84. The first-order valence-electron chi connectivity index (χ1n) is 10.8. The van der Waals surface area contributed by atoms with Crippen LogP contribution in [0.4, 0.5) is 5.00 Å². The predicted octanol–water partition coefficient (Wildman–Crippen LogP) is 2.63. The summed E-state index contributed by atoms with van der Waals surface area (Å²) in [4.78, 5) is 10.0. The van der Waals surface area contributed by atoms with Gasteiger partial charge in [-0.05, 0) is 43.2 Å². The lowest BCUT2D eigenvalue weighted by molar-refractivity contribution is 0.00867. The molecule has 0 spiro atoms. The van der Waals surface area contributed by atoms with Crippen LogP contribution in [0.15, 0.2) is 22.5 Å². The molecule has 1 unspecified atom stereocenters. The Hall–Kier alpha value is -1.31. The van der Waals surface area contributed by atoms with Crippen molar-refractivity contribution in [1.82, 2.24) is 15.5 Å². The summed E-state index contributed by atoms with van der Waals surface area (Å²) in [5.41, 5.74) is 0.